The van der Waals surface area contributed by atoms with E-state index in [0.29, 0.717) is 11.5 Å². The molecule has 0 saturated heterocycles. The summed E-state index contributed by atoms with van der Waals surface area (Å²) in [6.07, 6.45) is 0. The van der Waals surface area contributed by atoms with Crippen LogP contribution in [0.25, 0.3) is 5.57 Å². The van der Waals surface area contributed by atoms with Crippen molar-refractivity contribution in [1.29, 1.82) is 0 Å². The zero-order valence-electron chi connectivity index (χ0n) is 7.51. The highest BCUT2D eigenvalue weighted by Crippen LogP contribution is 2.19. The van der Waals surface area contributed by atoms with Crippen LogP contribution in [-0.2, 0) is 10.7 Å². The quantitative estimate of drug-likeness (QED) is 0.534. The summed E-state index contributed by atoms with van der Waals surface area (Å²) in [5, 5.41) is 0. The number of alkyl halides is 1. The van der Waals surface area contributed by atoms with Crippen LogP contribution in [-0.4, -0.2) is 5.78 Å². The number of Topliss-reactive ketones (excluding diaryl/α,β-unsaturated/α-hetero) is 1. The Morgan fingerprint density at radius 1 is 1.46 bits per heavy atom. The van der Waals surface area contributed by atoms with Crippen molar-refractivity contribution in [3.05, 3.63) is 42.0 Å². The van der Waals surface area contributed by atoms with E-state index < -0.39 is 0 Å². The summed E-state index contributed by atoms with van der Waals surface area (Å²) in [4.78, 5) is 11.1. The molecule has 68 valence electrons. The average Bonchev–Trinajstić information content (AvgIpc) is 2.16. The predicted octanol–water partition coefficient (Wildman–Crippen LogP) is 3.03. The van der Waals surface area contributed by atoms with E-state index in [0.717, 1.165) is 11.1 Å². The van der Waals surface area contributed by atoms with Crippen LogP contribution < -0.4 is 0 Å². The minimum Gasteiger partial charge on any atom is -0.295 e. The first kappa shape index (κ1) is 10.0. The van der Waals surface area contributed by atoms with Crippen LogP contribution >= 0.6 is 11.6 Å². The molecule has 0 unspecified atom stereocenters. The normalized spacial score (nSPS) is 9.69. The number of carbonyl (C=O) groups excluding carboxylic acids is 1. The van der Waals surface area contributed by atoms with Crippen LogP contribution in [0.2, 0.25) is 0 Å². The third-order valence-corrected chi connectivity index (χ3v) is 2.20. The molecule has 2 heteroatoms. The highest BCUT2D eigenvalue weighted by Gasteiger charge is 2.07. The van der Waals surface area contributed by atoms with Gasteiger partial charge in [0.2, 0.25) is 0 Å². The monoisotopic (exact) mass is 194 g/mol. The Morgan fingerprint density at radius 2 is 2.08 bits per heavy atom. The number of rotatable bonds is 3. The van der Waals surface area contributed by atoms with Crippen molar-refractivity contribution in [3.63, 3.8) is 0 Å². The lowest BCUT2D eigenvalue weighted by molar-refractivity contribution is -0.111. The van der Waals surface area contributed by atoms with Gasteiger partial charge in [-0.2, -0.15) is 0 Å². The van der Waals surface area contributed by atoms with Gasteiger partial charge in [0.25, 0.3) is 0 Å². The summed E-state index contributed by atoms with van der Waals surface area (Å²) in [7, 11) is 0. The summed E-state index contributed by atoms with van der Waals surface area (Å²) in [6.45, 7) is 5.23. The topological polar surface area (TPSA) is 17.1 Å². The van der Waals surface area contributed by atoms with E-state index in [1.807, 2.05) is 24.3 Å². The average molecular weight is 195 g/mol. The van der Waals surface area contributed by atoms with Crippen molar-refractivity contribution in [3.8, 4) is 0 Å². The van der Waals surface area contributed by atoms with Gasteiger partial charge in [-0.15, -0.1) is 11.6 Å². The Bertz CT molecular complexity index is 342. The standard InChI is InChI=1S/C11H11ClO/c1-8(9(2)13)11-6-4-3-5-10(11)7-12/h3-6H,1,7H2,2H3. The molecule has 1 aromatic carbocycles. The van der Waals surface area contributed by atoms with Gasteiger partial charge in [-0.3, -0.25) is 4.79 Å². The molecule has 0 aromatic heterocycles. The molecule has 0 aliphatic carbocycles. The third-order valence-electron chi connectivity index (χ3n) is 1.91. The number of ketones is 1. The second-order valence-corrected chi connectivity index (χ2v) is 3.09. The molecule has 0 spiro atoms. The van der Waals surface area contributed by atoms with Gasteiger partial charge in [0.1, 0.15) is 0 Å². The Hall–Kier alpha value is -1.08. The van der Waals surface area contributed by atoms with Crippen LogP contribution in [0.5, 0.6) is 0 Å². The van der Waals surface area contributed by atoms with Gasteiger partial charge in [-0.25, -0.2) is 0 Å². The first-order valence-electron chi connectivity index (χ1n) is 4.01. The molecule has 0 aliphatic rings. The molecular formula is C11H11ClO. The van der Waals surface area contributed by atoms with Gasteiger partial charge in [-0.1, -0.05) is 30.8 Å². The first-order valence-corrected chi connectivity index (χ1v) is 4.54. The number of allylic oxidation sites excluding steroid dienone is 1. The van der Waals surface area contributed by atoms with E-state index in [1.54, 1.807) is 0 Å². The van der Waals surface area contributed by atoms with Gasteiger partial charge in [0, 0.05) is 11.5 Å². The minimum absolute atomic E-state index is 0.0161. The number of benzene rings is 1. The largest absolute Gasteiger partial charge is 0.295 e. The lowest BCUT2D eigenvalue weighted by atomic mass is 10.00. The van der Waals surface area contributed by atoms with E-state index >= 15 is 0 Å². The second-order valence-electron chi connectivity index (χ2n) is 2.83. The molecule has 0 bridgehead atoms. The Kier molecular flexibility index (Phi) is 3.26. The highest BCUT2D eigenvalue weighted by molar-refractivity contribution is 6.21. The molecule has 0 amide bonds. The smallest absolute Gasteiger partial charge is 0.159 e. The molecule has 0 heterocycles. The zero-order valence-corrected chi connectivity index (χ0v) is 8.27. The van der Waals surface area contributed by atoms with Crippen molar-refractivity contribution < 1.29 is 4.79 Å². The van der Waals surface area contributed by atoms with Gasteiger partial charge < -0.3 is 0 Å². The van der Waals surface area contributed by atoms with Gasteiger partial charge in [0.05, 0.1) is 0 Å². The molecule has 1 nitrogen and oxygen atoms in total. The maximum Gasteiger partial charge on any atom is 0.159 e. The lowest BCUT2D eigenvalue weighted by Gasteiger charge is -2.06. The molecular weight excluding hydrogens is 184 g/mol. The molecule has 0 saturated carbocycles. The van der Waals surface area contributed by atoms with E-state index in [-0.39, 0.29) is 5.78 Å². The maximum atomic E-state index is 11.1. The van der Waals surface area contributed by atoms with Crippen LogP contribution in [0.1, 0.15) is 18.1 Å². The van der Waals surface area contributed by atoms with Crippen LogP contribution in [0.4, 0.5) is 0 Å². The van der Waals surface area contributed by atoms with Crippen molar-refractivity contribution in [2.24, 2.45) is 0 Å². The molecule has 0 N–H and O–H groups in total. The fourth-order valence-electron chi connectivity index (χ4n) is 1.12. The van der Waals surface area contributed by atoms with E-state index in [2.05, 4.69) is 6.58 Å². The van der Waals surface area contributed by atoms with E-state index in [1.165, 1.54) is 6.92 Å². The first-order chi connectivity index (χ1) is 6.16. The van der Waals surface area contributed by atoms with Crippen molar-refractivity contribution in [2.75, 3.05) is 0 Å². The molecule has 0 radical (unpaired) electrons. The Labute approximate surface area is 83.0 Å². The second kappa shape index (κ2) is 4.24. The molecule has 0 fully saturated rings. The van der Waals surface area contributed by atoms with Crippen molar-refractivity contribution >= 4 is 23.0 Å². The van der Waals surface area contributed by atoms with Crippen LogP contribution in [0.3, 0.4) is 0 Å². The van der Waals surface area contributed by atoms with Crippen LogP contribution in [0, 0.1) is 0 Å². The summed E-state index contributed by atoms with van der Waals surface area (Å²) in [5.74, 6) is 0.389. The molecule has 1 rings (SSSR count). The zero-order chi connectivity index (χ0) is 9.84. The summed E-state index contributed by atoms with van der Waals surface area (Å²) >= 11 is 5.73. The summed E-state index contributed by atoms with van der Waals surface area (Å²) in [5.41, 5.74) is 2.32. The highest BCUT2D eigenvalue weighted by atomic mass is 35.5. The van der Waals surface area contributed by atoms with Gasteiger partial charge >= 0.3 is 0 Å². The lowest BCUT2D eigenvalue weighted by Crippen LogP contribution is -1.97. The Morgan fingerprint density at radius 3 is 2.62 bits per heavy atom. The minimum atomic E-state index is -0.0161. The van der Waals surface area contributed by atoms with Crippen molar-refractivity contribution in [2.45, 2.75) is 12.8 Å². The third kappa shape index (κ3) is 2.19. The van der Waals surface area contributed by atoms with E-state index in [9.17, 15) is 4.79 Å². The van der Waals surface area contributed by atoms with E-state index in [4.69, 9.17) is 11.6 Å². The number of hydrogen-bond donors (Lipinski definition) is 0. The molecule has 1 aromatic rings. The molecule has 0 aliphatic heterocycles. The Balaban J connectivity index is 3.13. The number of hydrogen-bond acceptors (Lipinski definition) is 1. The number of halogens is 1. The number of carbonyl (C=O) groups is 1. The fourth-order valence-corrected chi connectivity index (χ4v) is 1.35. The van der Waals surface area contributed by atoms with Crippen LogP contribution in [0.15, 0.2) is 30.8 Å². The predicted molar refractivity (Wildman–Crippen MR) is 55.7 cm³/mol. The summed E-state index contributed by atoms with van der Waals surface area (Å²) in [6, 6.07) is 7.53. The van der Waals surface area contributed by atoms with Gasteiger partial charge in [-0.05, 0) is 18.1 Å². The summed E-state index contributed by atoms with van der Waals surface area (Å²) < 4.78 is 0. The maximum absolute atomic E-state index is 11.1. The van der Waals surface area contributed by atoms with Gasteiger partial charge in [0.15, 0.2) is 5.78 Å². The molecule has 13 heavy (non-hydrogen) atoms. The SMILES string of the molecule is C=C(C(C)=O)c1ccccc1CCl. The fraction of sp³-hybridized carbons (Fsp3) is 0.182. The van der Waals surface area contributed by atoms with Crippen molar-refractivity contribution in [1.82, 2.24) is 0 Å². The molecule has 0 atom stereocenters.